The van der Waals surface area contributed by atoms with E-state index in [-0.39, 0.29) is 11.5 Å². The van der Waals surface area contributed by atoms with Crippen LogP contribution in [0.2, 0.25) is 10.0 Å². The van der Waals surface area contributed by atoms with Gasteiger partial charge in [-0.25, -0.2) is 14.1 Å². The van der Waals surface area contributed by atoms with Crippen molar-refractivity contribution in [2.24, 2.45) is 4.99 Å². The first-order valence-corrected chi connectivity index (χ1v) is 8.70. The van der Waals surface area contributed by atoms with Crippen molar-refractivity contribution in [3.05, 3.63) is 39.0 Å². The number of aromatic nitrogens is 2. The van der Waals surface area contributed by atoms with Gasteiger partial charge in [0.05, 0.1) is 21.9 Å². The summed E-state index contributed by atoms with van der Waals surface area (Å²) in [7, 11) is 3.16. The number of Topliss-reactive ketones (excluding diaryl/α,β-unsaturated/α-hetero) is 1. The molecule has 0 N–H and O–H groups in total. The van der Waals surface area contributed by atoms with Crippen molar-refractivity contribution in [1.29, 1.82) is 5.26 Å². The molecule has 1 aromatic heterocycles. The maximum atomic E-state index is 13.5. The van der Waals surface area contributed by atoms with Crippen LogP contribution in [-0.2, 0) is 6.18 Å². The number of alkyl halides is 5. The van der Waals surface area contributed by atoms with Crippen LogP contribution in [0.5, 0.6) is 0 Å². The molecule has 2 rings (SSSR count). The molecule has 0 spiro atoms. The van der Waals surface area contributed by atoms with E-state index in [0.717, 1.165) is 4.68 Å². The standard InChI is InChI=1S/C16H10Cl3F4N5O/c1-27(2)6-25-15-11(13(29)14(19)20)10(5-24)26-28(15)12-8(17)3-7(4-9(12)18)16(21,22)23/h3-4,6,14H,1-2H3/b25-6-. The molecule has 154 valence electrons. The molecule has 0 fully saturated rings. The number of nitriles is 1. The maximum Gasteiger partial charge on any atom is 0.416 e. The molecule has 6 nitrogen and oxygen atoms in total. The molecule has 1 atom stereocenters. The van der Waals surface area contributed by atoms with E-state index in [0.29, 0.717) is 12.1 Å². The second kappa shape index (κ2) is 8.57. The highest BCUT2D eigenvalue weighted by Crippen LogP contribution is 2.40. The molecular weight excluding hydrogens is 461 g/mol. The first-order valence-electron chi connectivity index (χ1n) is 7.51. The van der Waals surface area contributed by atoms with Crippen molar-refractivity contribution >= 4 is 52.7 Å². The van der Waals surface area contributed by atoms with Crippen LogP contribution in [0.25, 0.3) is 5.69 Å². The molecule has 0 aliphatic carbocycles. The van der Waals surface area contributed by atoms with Gasteiger partial charge in [-0.2, -0.15) is 23.5 Å². The third kappa shape index (κ3) is 4.80. The number of hydrogen-bond donors (Lipinski definition) is 0. The Hall–Kier alpha value is -2.35. The lowest BCUT2D eigenvalue weighted by molar-refractivity contribution is -0.137. The van der Waals surface area contributed by atoms with Gasteiger partial charge in [0.2, 0.25) is 11.4 Å². The Morgan fingerprint density at radius 2 is 1.90 bits per heavy atom. The third-order valence-electron chi connectivity index (χ3n) is 3.38. The molecule has 1 unspecified atom stereocenters. The van der Waals surface area contributed by atoms with Crippen molar-refractivity contribution in [2.45, 2.75) is 11.8 Å². The Morgan fingerprint density at radius 1 is 1.34 bits per heavy atom. The quantitative estimate of drug-likeness (QED) is 0.202. The van der Waals surface area contributed by atoms with E-state index >= 15 is 0 Å². The summed E-state index contributed by atoms with van der Waals surface area (Å²) >= 11 is 17.2. The van der Waals surface area contributed by atoms with Crippen molar-refractivity contribution in [1.82, 2.24) is 14.7 Å². The fraction of sp³-hybridized carbons (Fsp3) is 0.250. The zero-order valence-electron chi connectivity index (χ0n) is 14.6. The van der Waals surface area contributed by atoms with Gasteiger partial charge < -0.3 is 4.90 Å². The fourth-order valence-corrected chi connectivity index (χ4v) is 2.96. The molecule has 0 saturated carbocycles. The smallest absolute Gasteiger partial charge is 0.369 e. The molecule has 0 amide bonds. The van der Waals surface area contributed by atoms with Gasteiger partial charge in [0.15, 0.2) is 11.5 Å². The zero-order chi connectivity index (χ0) is 22.1. The summed E-state index contributed by atoms with van der Waals surface area (Å²) in [6.45, 7) is 0. The number of halogens is 7. The summed E-state index contributed by atoms with van der Waals surface area (Å²) in [5, 5.41) is 12.1. The summed E-state index contributed by atoms with van der Waals surface area (Å²) in [6, 6.07) is 2.78. The van der Waals surface area contributed by atoms with Gasteiger partial charge in [0, 0.05) is 14.1 Å². The normalized spacial score (nSPS) is 12.8. The first-order chi connectivity index (χ1) is 13.4. The Balaban J connectivity index is 2.87. The molecule has 13 heteroatoms. The number of hydrogen-bond acceptors (Lipinski definition) is 4. The Labute approximate surface area is 176 Å². The number of carbonyl (C=O) groups excluding carboxylic acids is 1. The highest BCUT2D eigenvalue weighted by Gasteiger charge is 2.34. The number of carbonyl (C=O) groups is 1. The second-order valence-corrected chi connectivity index (χ2v) is 6.93. The van der Waals surface area contributed by atoms with Crippen LogP contribution in [0.3, 0.4) is 0 Å². The van der Waals surface area contributed by atoms with E-state index in [4.69, 9.17) is 34.8 Å². The molecule has 0 aliphatic heterocycles. The predicted molar refractivity (Wildman–Crippen MR) is 100 cm³/mol. The molecule has 1 heterocycles. The third-order valence-corrected chi connectivity index (χ3v) is 4.15. The molecular formula is C16H10Cl3F4N5O. The number of aliphatic imine (C=N–C) groups is 1. The number of rotatable bonds is 5. The number of nitrogens with zero attached hydrogens (tertiary/aromatic N) is 5. The Kier molecular flexibility index (Phi) is 6.78. The first kappa shape index (κ1) is 22.9. The Morgan fingerprint density at radius 3 is 2.31 bits per heavy atom. The van der Waals surface area contributed by atoms with Crippen LogP contribution in [0, 0.1) is 11.3 Å². The summed E-state index contributed by atoms with van der Waals surface area (Å²) in [5.41, 5.74) is -5.04. The van der Waals surface area contributed by atoms with Crippen LogP contribution >= 0.6 is 34.8 Å². The van der Waals surface area contributed by atoms with Crippen molar-refractivity contribution in [2.75, 3.05) is 14.1 Å². The van der Waals surface area contributed by atoms with Gasteiger partial charge in [0.25, 0.3) is 0 Å². The van der Waals surface area contributed by atoms with Crippen molar-refractivity contribution < 1.29 is 22.4 Å². The van der Waals surface area contributed by atoms with E-state index in [2.05, 4.69) is 10.1 Å². The minimum atomic E-state index is -4.72. The van der Waals surface area contributed by atoms with E-state index in [1.54, 1.807) is 20.2 Å². The lowest BCUT2D eigenvalue weighted by Crippen LogP contribution is -2.12. The van der Waals surface area contributed by atoms with Gasteiger partial charge >= 0.3 is 6.18 Å². The topological polar surface area (TPSA) is 74.3 Å². The number of benzene rings is 1. The van der Waals surface area contributed by atoms with Gasteiger partial charge in [-0.1, -0.05) is 34.8 Å². The van der Waals surface area contributed by atoms with Crippen LogP contribution in [-0.4, -0.2) is 46.5 Å². The van der Waals surface area contributed by atoms with Gasteiger partial charge in [0.1, 0.15) is 17.3 Å². The van der Waals surface area contributed by atoms with Crippen LogP contribution in [0.4, 0.5) is 23.4 Å². The summed E-state index contributed by atoms with van der Waals surface area (Å²) < 4.78 is 53.2. The van der Waals surface area contributed by atoms with E-state index in [9.17, 15) is 27.6 Å². The van der Waals surface area contributed by atoms with Gasteiger partial charge in [-0.15, -0.1) is 0 Å². The molecule has 0 radical (unpaired) electrons. The predicted octanol–water partition coefficient (Wildman–Crippen LogP) is 5.01. The van der Waals surface area contributed by atoms with Crippen molar-refractivity contribution in [3.63, 3.8) is 0 Å². The van der Waals surface area contributed by atoms with E-state index < -0.39 is 44.5 Å². The Bertz CT molecular complexity index is 1000. The number of ketones is 1. The lowest BCUT2D eigenvalue weighted by atomic mass is 10.1. The highest BCUT2D eigenvalue weighted by atomic mass is 35.5. The van der Waals surface area contributed by atoms with Crippen molar-refractivity contribution in [3.8, 4) is 11.8 Å². The fourth-order valence-electron chi connectivity index (χ4n) is 2.20. The molecule has 0 bridgehead atoms. The zero-order valence-corrected chi connectivity index (χ0v) is 16.9. The molecule has 29 heavy (non-hydrogen) atoms. The second-order valence-electron chi connectivity index (χ2n) is 5.73. The van der Waals surface area contributed by atoms with Gasteiger partial charge in [-0.05, 0) is 12.1 Å². The SMILES string of the molecule is CN(C)/C=N\c1c(C(=O)C(F)Cl)c(C#N)nn1-c1c(Cl)cc(C(F)(F)F)cc1Cl. The van der Waals surface area contributed by atoms with E-state index in [1.165, 1.54) is 11.2 Å². The van der Waals surface area contributed by atoms with Crippen LogP contribution < -0.4 is 0 Å². The summed E-state index contributed by atoms with van der Waals surface area (Å²) in [6.07, 6.45) is -3.53. The van der Waals surface area contributed by atoms with Crippen LogP contribution in [0.15, 0.2) is 17.1 Å². The lowest BCUT2D eigenvalue weighted by Gasteiger charge is -2.13. The molecule has 0 saturated heterocycles. The average molecular weight is 471 g/mol. The summed E-state index contributed by atoms with van der Waals surface area (Å²) in [4.78, 5) is 17.6. The average Bonchev–Trinajstić information content (AvgIpc) is 2.95. The summed E-state index contributed by atoms with van der Waals surface area (Å²) in [5.74, 6) is -1.69. The van der Waals surface area contributed by atoms with E-state index in [1.807, 2.05) is 0 Å². The molecule has 2 aromatic rings. The molecule has 1 aromatic carbocycles. The highest BCUT2D eigenvalue weighted by molar-refractivity contribution is 6.38. The van der Waals surface area contributed by atoms with Crippen LogP contribution in [0.1, 0.15) is 21.6 Å². The maximum absolute atomic E-state index is 13.5. The van der Waals surface area contributed by atoms with Gasteiger partial charge in [-0.3, -0.25) is 4.79 Å². The largest absolute Gasteiger partial charge is 0.416 e. The monoisotopic (exact) mass is 469 g/mol. The molecule has 0 aliphatic rings. The minimum absolute atomic E-state index is 0.284. The minimum Gasteiger partial charge on any atom is -0.369 e.